The molecule has 1 aliphatic rings. The summed E-state index contributed by atoms with van der Waals surface area (Å²) in [6, 6.07) is 7.51. The number of benzene rings is 1. The van der Waals surface area contributed by atoms with Crippen molar-refractivity contribution >= 4 is 35.0 Å². The zero-order valence-electron chi connectivity index (χ0n) is 41.6. The summed E-state index contributed by atoms with van der Waals surface area (Å²) in [7, 11) is 6.78. The molecule has 17 heteroatoms. The zero-order valence-corrected chi connectivity index (χ0v) is 42.4. The number of aliphatic hydroxyl groups excluding tert-OH is 1. The first-order valence-electron chi connectivity index (χ1n) is 23.8. The van der Waals surface area contributed by atoms with E-state index >= 15 is 0 Å². The first-order valence-corrected chi connectivity index (χ1v) is 24.7. The normalized spacial score (nSPS) is 17.9. The first-order chi connectivity index (χ1) is 31.6. The smallest absolute Gasteiger partial charge is 0.245 e. The molecule has 9 atom stereocenters. The van der Waals surface area contributed by atoms with Gasteiger partial charge in [-0.25, -0.2) is 4.98 Å². The second-order valence-corrected chi connectivity index (χ2v) is 19.1. The number of thiazole rings is 1. The number of amides is 4. The van der Waals surface area contributed by atoms with Crippen LogP contribution in [-0.2, 0) is 49.3 Å². The fraction of sp³-hybridized carbons (Fsp3) is 0.735. The number of likely N-dealkylation sites (N-methyl/N-ethyl adjacent to an activating group) is 2. The standard InChI is InChI=1S/C49H82N6O10S/c1-12-35(6)44(54(9)49(60)42(33(2)3)52-47(59)43(34(4)5)53(8)22-24-63-26-28-65-29-27-64-25-23-56)40(61-10)32-41(57)55-21-16-19-39(55)45(62-11)36(7)46(58)51-38(48-50-20-30-66-48)31-37-17-14-13-15-18-37/h13-15,17-18,20,30,33-36,38-40,42-45,56H,12,16,19,21-29,31-32H2,1-11H3,(H,51,58)(H,52,59)/t35-,36+,38-,39-,40+,42-,43-,44-,45+/m0/s1. The number of carbonyl (C=O) groups excluding carboxylic acids is 4. The Labute approximate surface area is 398 Å². The van der Waals surface area contributed by atoms with Crippen LogP contribution in [-0.4, -0.2) is 172 Å². The number of hydrogen-bond donors (Lipinski definition) is 3. The number of nitrogens with one attached hydrogen (secondary N) is 2. The molecule has 0 aliphatic carbocycles. The molecular weight excluding hydrogens is 865 g/mol. The van der Waals surface area contributed by atoms with E-state index in [2.05, 4.69) is 22.5 Å². The third-order valence-electron chi connectivity index (χ3n) is 12.8. The molecule has 0 unspecified atom stereocenters. The third-order valence-corrected chi connectivity index (χ3v) is 13.7. The Bertz CT molecular complexity index is 1690. The second-order valence-electron chi connectivity index (χ2n) is 18.2. The van der Waals surface area contributed by atoms with Crippen LogP contribution in [0.4, 0.5) is 0 Å². The Morgan fingerprint density at radius 3 is 2.09 bits per heavy atom. The number of aromatic nitrogens is 1. The predicted octanol–water partition coefficient (Wildman–Crippen LogP) is 4.60. The molecule has 1 fully saturated rings. The summed E-state index contributed by atoms with van der Waals surface area (Å²) in [5, 5.41) is 17.9. The van der Waals surface area contributed by atoms with Crippen molar-refractivity contribution in [2.45, 2.75) is 123 Å². The van der Waals surface area contributed by atoms with Gasteiger partial charge in [0.25, 0.3) is 0 Å². The van der Waals surface area contributed by atoms with Gasteiger partial charge in [-0.3, -0.25) is 24.1 Å². The summed E-state index contributed by atoms with van der Waals surface area (Å²) in [6.07, 6.45) is 3.30. The fourth-order valence-electron chi connectivity index (χ4n) is 9.00. The molecule has 2 aromatic rings. The van der Waals surface area contributed by atoms with Crippen LogP contribution in [0.1, 0.15) is 90.8 Å². The molecule has 2 heterocycles. The molecule has 1 aromatic carbocycles. The van der Waals surface area contributed by atoms with Gasteiger partial charge in [-0.1, -0.05) is 85.2 Å². The molecule has 0 saturated carbocycles. The van der Waals surface area contributed by atoms with E-state index < -0.39 is 36.3 Å². The molecule has 1 aromatic heterocycles. The fourth-order valence-corrected chi connectivity index (χ4v) is 9.69. The van der Waals surface area contributed by atoms with Gasteiger partial charge in [0.05, 0.1) is 95.0 Å². The molecule has 16 nitrogen and oxygen atoms in total. The number of hydrogen-bond acceptors (Lipinski definition) is 13. The lowest BCUT2D eigenvalue weighted by Crippen LogP contribution is -2.60. The quantitative estimate of drug-likeness (QED) is 0.0870. The summed E-state index contributed by atoms with van der Waals surface area (Å²) < 4.78 is 28.6. The van der Waals surface area contributed by atoms with E-state index in [-0.39, 0.29) is 73.1 Å². The molecule has 1 saturated heterocycles. The van der Waals surface area contributed by atoms with Crippen LogP contribution in [0, 0.1) is 23.7 Å². The Kier molecular flexibility index (Phi) is 25.8. The van der Waals surface area contributed by atoms with Crippen molar-refractivity contribution in [1.82, 2.24) is 30.3 Å². The minimum absolute atomic E-state index is 0.0198. The number of methoxy groups -OCH3 is 2. The largest absolute Gasteiger partial charge is 0.394 e. The van der Waals surface area contributed by atoms with Crippen LogP contribution >= 0.6 is 11.3 Å². The summed E-state index contributed by atoms with van der Waals surface area (Å²) in [5.41, 5.74) is 1.08. The highest BCUT2D eigenvalue weighted by Crippen LogP contribution is 2.31. The van der Waals surface area contributed by atoms with E-state index in [1.165, 1.54) is 11.3 Å². The zero-order chi connectivity index (χ0) is 48.8. The molecule has 374 valence electrons. The molecule has 0 spiro atoms. The molecule has 0 radical (unpaired) electrons. The maximum absolute atomic E-state index is 14.6. The van der Waals surface area contributed by atoms with Crippen LogP contribution in [0.5, 0.6) is 0 Å². The number of rotatable bonds is 32. The van der Waals surface area contributed by atoms with Crippen molar-refractivity contribution in [1.29, 1.82) is 0 Å². The van der Waals surface area contributed by atoms with Gasteiger partial charge >= 0.3 is 0 Å². The van der Waals surface area contributed by atoms with Gasteiger partial charge in [0.15, 0.2) is 0 Å². The van der Waals surface area contributed by atoms with Gasteiger partial charge < -0.3 is 49.2 Å². The monoisotopic (exact) mass is 947 g/mol. The highest BCUT2D eigenvalue weighted by atomic mass is 32.1. The van der Waals surface area contributed by atoms with E-state index in [0.717, 1.165) is 23.4 Å². The van der Waals surface area contributed by atoms with E-state index in [1.54, 1.807) is 32.4 Å². The van der Waals surface area contributed by atoms with E-state index in [0.29, 0.717) is 59.0 Å². The lowest BCUT2D eigenvalue weighted by atomic mass is 9.89. The van der Waals surface area contributed by atoms with Crippen molar-refractivity contribution in [3.63, 3.8) is 0 Å². The summed E-state index contributed by atoms with van der Waals surface area (Å²) in [6.45, 7) is 17.0. The van der Waals surface area contributed by atoms with Gasteiger partial charge in [0, 0.05) is 45.9 Å². The lowest BCUT2D eigenvalue weighted by Gasteiger charge is -2.41. The van der Waals surface area contributed by atoms with Crippen molar-refractivity contribution in [2.24, 2.45) is 23.7 Å². The molecule has 4 amide bonds. The minimum Gasteiger partial charge on any atom is -0.394 e. The summed E-state index contributed by atoms with van der Waals surface area (Å²) in [5.74, 6) is -1.72. The summed E-state index contributed by atoms with van der Waals surface area (Å²) >= 11 is 1.50. The lowest BCUT2D eigenvalue weighted by molar-refractivity contribution is -0.148. The van der Waals surface area contributed by atoms with Gasteiger partial charge in [0.1, 0.15) is 11.0 Å². The van der Waals surface area contributed by atoms with Gasteiger partial charge in [-0.2, -0.15) is 0 Å². The van der Waals surface area contributed by atoms with Gasteiger partial charge in [-0.15, -0.1) is 11.3 Å². The average Bonchev–Trinajstić information content (AvgIpc) is 4.02. The van der Waals surface area contributed by atoms with Crippen LogP contribution < -0.4 is 10.6 Å². The van der Waals surface area contributed by atoms with E-state index in [1.807, 2.05) is 94.1 Å². The molecule has 0 bridgehead atoms. The Hall–Kier alpha value is -3.55. The average molecular weight is 947 g/mol. The summed E-state index contributed by atoms with van der Waals surface area (Å²) in [4.78, 5) is 67.1. The van der Waals surface area contributed by atoms with Gasteiger partial charge in [-0.05, 0) is 49.6 Å². The van der Waals surface area contributed by atoms with Crippen LogP contribution in [0.3, 0.4) is 0 Å². The first kappa shape index (κ1) is 56.8. The van der Waals surface area contributed by atoms with E-state index in [4.69, 9.17) is 28.8 Å². The van der Waals surface area contributed by atoms with Crippen molar-refractivity contribution < 1.29 is 48.0 Å². The maximum Gasteiger partial charge on any atom is 0.245 e. The van der Waals surface area contributed by atoms with Crippen LogP contribution in [0.25, 0.3) is 0 Å². The Morgan fingerprint density at radius 2 is 1.53 bits per heavy atom. The maximum atomic E-state index is 14.6. The molecule has 3 N–H and O–H groups in total. The van der Waals surface area contributed by atoms with Crippen LogP contribution in [0.15, 0.2) is 41.9 Å². The minimum atomic E-state index is -0.826. The SMILES string of the molecule is CC[C@H](C)[C@@H]([C@@H](CC(=O)N1CCC[C@H]1[C@H](OC)[C@@H](C)C(=O)N[C@@H](Cc1ccccc1)c1nccs1)OC)N(C)C(=O)[C@@H](NC(=O)[C@H](C(C)C)N(C)CCOCCOCCOCCO)C(C)C. The van der Waals surface area contributed by atoms with E-state index in [9.17, 15) is 19.2 Å². The topological polar surface area (TPSA) is 181 Å². The molecule has 66 heavy (non-hydrogen) atoms. The molecular formula is C49H82N6O10S. The Balaban J connectivity index is 1.69. The number of aliphatic hydroxyl groups is 1. The van der Waals surface area contributed by atoms with Crippen molar-refractivity contribution in [3.05, 3.63) is 52.5 Å². The van der Waals surface area contributed by atoms with Gasteiger partial charge in [0.2, 0.25) is 23.6 Å². The van der Waals surface area contributed by atoms with Crippen molar-refractivity contribution in [2.75, 3.05) is 87.7 Å². The molecule has 1 aliphatic heterocycles. The Morgan fingerprint density at radius 1 is 0.879 bits per heavy atom. The number of ether oxygens (including phenoxy) is 5. The highest BCUT2D eigenvalue weighted by molar-refractivity contribution is 7.09. The van der Waals surface area contributed by atoms with Crippen LogP contribution in [0.2, 0.25) is 0 Å². The second kappa shape index (κ2) is 30.0. The molecule has 3 rings (SSSR count). The predicted molar refractivity (Wildman–Crippen MR) is 257 cm³/mol. The van der Waals surface area contributed by atoms with Crippen molar-refractivity contribution in [3.8, 4) is 0 Å². The third kappa shape index (κ3) is 17.2. The number of carbonyl (C=O) groups is 4. The number of likely N-dealkylation sites (tertiary alicyclic amines) is 1. The highest BCUT2D eigenvalue weighted by Gasteiger charge is 2.43. The number of nitrogens with zero attached hydrogens (tertiary/aromatic N) is 4.